The van der Waals surface area contributed by atoms with Gasteiger partial charge in [-0.15, -0.1) is 0 Å². The SMILES string of the molecule is COc1cc(OC)cc(C(=O)NC2CC3CCC(C2)N3C)c1. The zero-order chi connectivity index (χ0) is 15.7. The number of methoxy groups -OCH3 is 2. The van der Waals surface area contributed by atoms with E-state index in [2.05, 4.69) is 17.3 Å². The molecule has 5 nitrogen and oxygen atoms in total. The molecular weight excluding hydrogens is 280 g/mol. The fourth-order valence-electron chi connectivity index (χ4n) is 3.74. The number of benzene rings is 1. The Bertz CT molecular complexity index is 525. The van der Waals surface area contributed by atoms with Gasteiger partial charge in [-0.2, -0.15) is 0 Å². The summed E-state index contributed by atoms with van der Waals surface area (Å²) in [5.41, 5.74) is 0.586. The molecule has 1 N–H and O–H groups in total. The summed E-state index contributed by atoms with van der Waals surface area (Å²) in [5.74, 6) is 1.21. The highest BCUT2D eigenvalue weighted by molar-refractivity contribution is 5.95. The molecule has 120 valence electrons. The molecule has 1 aromatic carbocycles. The van der Waals surface area contributed by atoms with Crippen LogP contribution >= 0.6 is 0 Å². The van der Waals surface area contributed by atoms with Crippen LogP contribution in [0.15, 0.2) is 18.2 Å². The van der Waals surface area contributed by atoms with E-state index in [1.54, 1.807) is 32.4 Å². The molecule has 5 heteroatoms. The highest BCUT2D eigenvalue weighted by atomic mass is 16.5. The number of hydrogen-bond acceptors (Lipinski definition) is 4. The van der Waals surface area contributed by atoms with Crippen molar-refractivity contribution in [3.63, 3.8) is 0 Å². The van der Waals surface area contributed by atoms with Crippen LogP contribution < -0.4 is 14.8 Å². The maximum atomic E-state index is 12.5. The Balaban J connectivity index is 1.70. The zero-order valence-electron chi connectivity index (χ0n) is 13.5. The lowest BCUT2D eigenvalue weighted by molar-refractivity contribution is 0.0882. The normalized spacial score (nSPS) is 27.5. The monoisotopic (exact) mass is 304 g/mol. The van der Waals surface area contributed by atoms with E-state index in [1.807, 2.05) is 0 Å². The molecular formula is C17H24N2O3. The van der Waals surface area contributed by atoms with Gasteiger partial charge in [0.15, 0.2) is 0 Å². The number of ether oxygens (including phenoxy) is 2. The third kappa shape index (κ3) is 2.90. The number of carbonyl (C=O) groups excluding carboxylic acids is 1. The highest BCUT2D eigenvalue weighted by Crippen LogP contribution is 2.34. The van der Waals surface area contributed by atoms with E-state index in [0.29, 0.717) is 29.1 Å². The number of carbonyl (C=O) groups is 1. The van der Waals surface area contributed by atoms with Crippen molar-refractivity contribution in [1.82, 2.24) is 10.2 Å². The molecule has 2 bridgehead atoms. The van der Waals surface area contributed by atoms with Gasteiger partial charge in [0.2, 0.25) is 0 Å². The molecule has 0 aromatic heterocycles. The number of nitrogens with one attached hydrogen (secondary N) is 1. The van der Waals surface area contributed by atoms with Crippen LogP contribution in [0.3, 0.4) is 0 Å². The summed E-state index contributed by atoms with van der Waals surface area (Å²) in [6, 6.07) is 6.77. The lowest BCUT2D eigenvalue weighted by Gasteiger charge is -2.36. The maximum Gasteiger partial charge on any atom is 0.251 e. The number of rotatable bonds is 4. The Hall–Kier alpha value is -1.75. The summed E-state index contributed by atoms with van der Waals surface area (Å²) in [6.07, 6.45) is 4.58. The van der Waals surface area contributed by atoms with Gasteiger partial charge in [-0.25, -0.2) is 0 Å². The minimum Gasteiger partial charge on any atom is -0.497 e. The van der Waals surface area contributed by atoms with Crippen molar-refractivity contribution in [3.8, 4) is 11.5 Å². The second-order valence-corrected chi connectivity index (χ2v) is 6.29. The van der Waals surface area contributed by atoms with Crippen LogP contribution in [-0.4, -0.2) is 50.2 Å². The number of nitrogens with zero attached hydrogens (tertiary/aromatic N) is 1. The molecule has 2 aliphatic heterocycles. The first-order valence-electron chi connectivity index (χ1n) is 7.86. The van der Waals surface area contributed by atoms with Crippen molar-refractivity contribution in [2.24, 2.45) is 0 Å². The number of amides is 1. The van der Waals surface area contributed by atoms with Gasteiger partial charge in [-0.05, 0) is 44.9 Å². The third-order valence-corrected chi connectivity index (χ3v) is 5.05. The van der Waals surface area contributed by atoms with Crippen LogP contribution in [0.4, 0.5) is 0 Å². The zero-order valence-corrected chi connectivity index (χ0v) is 13.5. The molecule has 2 aliphatic rings. The smallest absolute Gasteiger partial charge is 0.251 e. The fraction of sp³-hybridized carbons (Fsp3) is 0.588. The van der Waals surface area contributed by atoms with E-state index >= 15 is 0 Å². The summed E-state index contributed by atoms with van der Waals surface area (Å²) in [5, 5.41) is 3.18. The Morgan fingerprint density at radius 2 is 1.64 bits per heavy atom. The number of hydrogen-bond donors (Lipinski definition) is 1. The lowest BCUT2D eigenvalue weighted by Crippen LogP contribution is -2.48. The topological polar surface area (TPSA) is 50.8 Å². The lowest BCUT2D eigenvalue weighted by atomic mass is 9.97. The summed E-state index contributed by atoms with van der Waals surface area (Å²) in [6.45, 7) is 0. The summed E-state index contributed by atoms with van der Waals surface area (Å²) >= 11 is 0. The van der Waals surface area contributed by atoms with Crippen molar-refractivity contribution in [2.45, 2.75) is 43.8 Å². The molecule has 2 heterocycles. The average Bonchev–Trinajstić information content (AvgIpc) is 2.76. The molecule has 2 fully saturated rings. The van der Waals surface area contributed by atoms with Crippen LogP contribution in [0.25, 0.3) is 0 Å². The second kappa shape index (κ2) is 6.16. The second-order valence-electron chi connectivity index (χ2n) is 6.29. The number of piperidine rings is 1. The first-order valence-corrected chi connectivity index (χ1v) is 7.86. The van der Waals surface area contributed by atoms with Gasteiger partial charge in [-0.1, -0.05) is 0 Å². The molecule has 0 aliphatic carbocycles. The van der Waals surface area contributed by atoms with E-state index in [1.165, 1.54) is 12.8 Å². The Morgan fingerprint density at radius 1 is 1.09 bits per heavy atom. The average molecular weight is 304 g/mol. The third-order valence-electron chi connectivity index (χ3n) is 5.05. The molecule has 0 radical (unpaired) electrons. The highest BCUT2D eigenvalue weighted by Gasteiger charge is 2.38. The first-order chi connectivity index (χ1) is 10.6. The minimum absolute atomic E-state index is 0.0499. The Morgan fingerprint density at radius 3 is 2.14 bits per heavy atom. The maximum absolute atomic E-state index is 12.5. The molecule has 1 aromatic rings. The predicted molar refractivity (Wildman–Crippen MR) is 84.6 cm³/mol. The van der Waals surface area contributed by atoms with Crippen LogP contribution in [0, 0.1) is 0 Å². The van der Waals surface area contributed by atoms with Crippen LogP contribution in [-0.2, 0) is 0 Å². The van der Waals surface area contributed by atoms with Gasteiger partial charge in [0.05, 0.1) is 14.2 Å². The van der Waals surface area contributed by atoms with Gasteiger partial charge in [-0.3, -0.25) is 4.79 Å². The molecule has 22 heavy (non-hydrogen) atoms. The Labute approximate surface area is 131 Å². The van der Waals surface area contributed by atoms with Gasteiger partial charge in [0.25, 0.3) is 5.91 Å². The van der Waals surface area contributed by atoms with Crippen LogP contribution in [0.5, 0.6) is 11.5 Å². The van der Waals surface area contributed by atoms with Gasteiger partial charge < -0.3 is 19.7 Å². The van der Waals surface area contributed by atoms with Crippen molar-refractivity contribution in [1.29, 1.82) is 0 Å². The van der Waals surface area contributed by atoms with Gasteiger partial charge in [0, 0.05) is 29.8 Å². The van der Waals surface area contributed by atoms with Crippen molar-refractivity contribution in [2.75, 3.05) is 21.3 Å². The van der Waals surface area contributed by atoms with E-state index in [4.69, 9.17) is 9.47 Å². The van der Waals surface area contributed by atoms with E-state index in [0.717, 1.165) is 12.8 Å². The quantitative estimate of drug-likeness (QED) is 0.925. The Kier molecular flexibility index (Phi) is 4.25. The van der Waals surface area contributed by atoms with Gasteiger partial charge in [0.1, 0.15) is 11.5 Å². The van der Waals surface area contributed by atoms with Crippen LogP contribution in [0.2, 0.25) is 0 Å². The first kappa shape index (κ1) is 15.2. The van der Waals surface area contributed by atoms with E-state index < -0.39 is 0 Å². The molecule has 2 atom stereocenters. The molecule has 0 spiro atoms. The van der Waals surface area contributed by atoms with Gasteiger partial charge >= 0.3 is 0 Å². The molecule has 2 unspecified atom stereocenters. The summed E-state index contributed by atoms with van der Waals surface area (Å²) < 4.78 is 10.5. The predicted octanol–water partition coefficient (Wildman–Crippen LogP) is 2.06. The van der Waals surface area contributed by atoms with Crippen molar-refractivity contribution in [3.05, 3.63) is 23.8 Å². The summed E-state index contributed by atoms with van der Waals surface area (Å²) in [4.78, 5) is 15.0. The van der Waals surface area contributed by atoms with E-state index in [-0.39, 0.29) is 11.9 Å². The standard InChI is InChI=1S/C17H24N2O3/c1-19-13-4-5-14(19)9-12(8-13)18-17(20)11-6-15(21-2)10-16(7-11)22-3/h6-7,10,12-14H,4-5,8-9H2,1-3H3,(H,18,20). The molecule has 1 amide bonds. The molecule has 2 saturated heterocycles. The largest absolute Gasteiger partial charge is 0.497 e. The van der Waals surface area contributed by atoms with Crippen molar-refractivity contribution < 1.29 is 14.3 Å². The van der Waals surface area contributed by atoms with Crippen LogP contribution in [0.1, 0.15) is 36.0 Å². The fourth-order valence-corrected chi connectivity index (χ4v) is 3.74. The summed E-state index contributed by atoms with van der Waals surface area (Å²) in [7, 11) is 5.38. The van der Waals surface area contributed by atoms with E-state index in [9.17, 15) is 4.79 Å². The number of fused-ring (bicyclic) bond motifs is 2. The minimum atomic E-state index is -0.0499. The molecule has 3 rings (SSSR count). The molecule has 0 saturated carbocycles. The van der Waals surface area contributed by atoms with Crippen molar-refractivity contribution >= 4 is 5.91 Å².